The largest absolute Gasteiger partial charge is 0.274 e. The average Bonchev–Trinajstić information content (AvgIpc) is 2.84. The fraction of sp³-hybridized carbons (Fsp3) is 0.150. The van der Waals surface area contributed by atoms with Gasteiger partial charge in [0.25, 0.3) is 11.8 Å². The number of fused-ring (bicyclic) bond motifs is 1. The van der Waals surface area contributed by atoms with Gasteiger partial charge in [-0.2, -0.15) is 0 Å². The second-order valence-electron chi connectivity index (χ2n) is 5.43. The molecule has 0 bridgehead atoms. The first-order chi connectivity index (χ1) is 11.2. The zero-order valence-electron chi connectivity index (χ0n) is 12.8. The normalized spacial score (nSPS) is 13.0. The van der Waals surface area contributed by atoms with E-state index in [1.54, 1.807) is 24.3 Å². The van der Waals surface area contributed by atoms with Gasteiger partial charge in [0.15, 0.2) is 0 Å². The Hall–Kier alpha value is -2.90. The third kappa shape index (κ3) is 2.87. The van der Waals surface area contributed by atoms with Crippen molar-refractivity contribution in [3.63, 3.8) is 0 Å². The Morgan fingerprint density at radius 3 is 2.04 bits per heavy atom. The van der Waals surface area contributed by atoms with Gasteiger partial charge in [-0.05, 0) is 30.5 Å². The van der Waals surface area contributed by atoms with Crippen LogP contribution in [-0.4, -0.2) is 23.3 Å². The molecule has 0 saturated carbocycles. The molecule has 0 saturated heterocycles. The van der Waals surface area contributed by atoms with E-state index in [0.29, 0.717) is 24.1 Å². The molecule has 2 amide bonds. The van der Waals surface area contributed by atoms with E-state index in [2.05, 4.69) is 12.3 Å². The molecular weight excluding hydrogens is 286 g/mol. The van der Waals surface area contributed by atoms with Crippen molar-refractivity contribution in [3.05, 3.63) is 83.6 Å². The van der Waals surface area contributed by atoms with Crippen LogP contribution in [0.25, 0.3) is 5.57 Å². The minimum Gasteiger partial charge on any atom is -0.274 e. The molecule has 3 heteroatoms. The quantitative estimate of drug-likeness (QED) is 0.620. The van der Waals surface area contributed by atoms with Crippen molar-refractivity contribution < 1.29 is 9.59 Å². The Morgan fingerprint density at radius 2 is 1.48 bits per heavy atom. The van der Waals surface area contributed by atoms with E-state index in [4.69, 9.17) is 0 Å². The predicted molar refractivity (Wildman–Crippen MR) is 90.0 cm³/mol. The van der Waals surface area contributed by atoms with Gasteiger partial charge < -0.3 is 0 Å². The molecule has 0 unspecified atom stereocenters. The number of allylic oxidation sites excluding steroid dienone is 1. The van der Waals surface area contributed by atoms with E-state index < -0.39 is 0 Å². The molecule has 3 rings (SSSR count). The average molecular weight is 303 g/mol. The molecule has 1 heterocycles. The van der Waals surface area contributed by atoms with E-state index >= 15 is 0 Å². The maximum Gasteiger partial charge on any atom is 0.261 e. The molecule has 23 heavy (non-hydrogen) atoms. The van der Waals surface area contributed by atoms with Crippen LogP contribution in [-0.2, 0) is 0 Å². The lowest BCUT2D eigenvalue weighted by molar-refractivity contribution is 0.0653. The Balaban J connectivity index is 1.65. The van der Waals surface area contributed by atoms with Gasteiger partial charge in [0.2, 0.25) is 0 Å². The van der Waals surface area contributed by atoms with Gasteiger partial charge in [-0.1, -0.05) is 49.0 Å². The fourth-order valence-electron chi connectivity index (χ4n) is 2.83. The van der Waals surface area contributed by atoms with Crippen LogP contribution < -0.4 is 0 Å². The van der Waals surface area contributed by atoms with Crippen LogP contribution >= 0.6 is 0 Å². The van der Waals surface area contributed by atoms with Crippen LogP contribution in [0.5, 0.6) is 0 Å². The van der Waals surface area contributed by atoms with Gasteiger partial charge in [0.05, 0.1) is 11.1 Å². The summed E-state index contributed by atoms with van der Waals surface area (Å²) in [7, 11) is 0. The molecule has 2 aromatic carbocycles. The highest BCUT2D eigenvalue weighted by Gasteiger charge is 2.34. The maximum absolute atomic E-state index is 12.3. The number of hydrogen-bond acceptors (Lipinski definition) is 2. The molecular formula is C20H17NO2. The fourth-order valence-corrected chi connectivity index (χ4v) is 2.83. The minimum absolute atomic E-state index is 0.200. The number of carbonyl (C=O) groups excluding carboxylic acids is 2. The summed E-state index contributed by atoms with van der Waals surface area (Å²) in [6.07, 6.45) is 1.42. The van der Waals surface area contributed by atoms with Crippen molar-refractivity contribution in [1.82, 2.24) is 4.90 Å². The van der Waals surface area contributed by atoms with Crippen LogP contribution in [0.15, 0.2) is 66.9 Å². The number of amides is 2. The minimum atomic E-state index is -0.200. The number of carbonyl (C=O) groups is 2. The van der Waals surface area contributed by atoms with Crippen molar-refractivity contribution in [2.45, 2.75) is 12.8 Å². The summed E-state index contributed by atoms with van der Waals surface area (Å²) < 4.78 is 0. The van der Waals surface area contributed by atoms with Crippen LogP contribution in [0, 0.1) is 0 Å². The second kappa shape index (κ2) is 6.47. The van der Waals surface area contributed by atoms with Gasteiger partial charge >= 0.3 is 0 Å². The number of benzene rings is 2. The molecule has 0 fully saturated rings. The lowest BCUT2D eigenvalue weighted by Gasteiger charge is -2.14. The van der Waals surface area contributed by atoms with Crippen molar-refractivity contribution in [1.29, 1.82) is 0 Å². The van der Waals surface area contributed by atoms with Crippen LogP contribution in [0.3, 0.4) is 0 Å². The lowest BCUT2D eigenvalue weighted by atomic mass is 10.0. The molecule has 114 valence electrons. The van der Waals surface area contributed by atoms with Crippen molar-refractivity contribution >= 4 is 17.4 Å². The van der Waals surface area contributed by atoms with Crippen molar-refractivity contribution in [2.75, 3.05) is 6.54 Å². The van der Waals surface area contributed by atoms with E-state index in [-0.39, 0.29) is 11.8 Å². The summed E-state index contributed by atoms with van der Waals surface area (Å²) in [4.78, 5) is 25.9. The summed E-state index contributed by atoms with van der Waals surface area (Å²) >= 11 is 0. The summed E-state index contributed by atoms with van der Waals surface area (Å²) in [6.45, 7) is 4.15. The zero-order chi connectivity index (χ0) is 16.2. The molecule has 3 nitrogen and oxygen atoms in total. The first kappa shape index (κ1) is 15.0. The first-order valence-corrected chi connectivity index (χ1v) is 7.62. The summed E-state index contributed by atoms with van der Waals surface area (Å²) in [5.41, 5.74) is 6.04. The maximum atomic E-state index is 12.3. The third-order valence-corrected chi connectivity index (χ3v) is 4.02. The molecule has 0 aromatic heterocycles. The Kier molecular flexibility index (Phi) is 4.22. The van der Waals surface area contributed by atoms with Gasteiger partial charge in [-0.3, -0.25) is 14.5 Å². The third-order valence-electron chi connectivity index (χ3n) is 4.02. The van der Waals surface area contributed by atoms with E-state index in [1.165, 1.54) is 4.90 Å². The lowest BCUT2D eigenvalue weighted by Crippen LogP contribution is -2.30. The van der Waals surface area contributed by atoms with Gasteiger partial charge in [0, 0.05) is 12.1 Å². The number of rotatable bonds is 5. The molecule has 0 aliphatic carbocycles. The molecule has 0 spiro atoms. The topological polar surface area (TPSA) is 37.4 Å². The van der Waals surface area contributed by atoms with Gasteiger partial charge in [-0.15, -0.1) is 5.73 Å². The van der Waals surface area contributed by atoms with E-state index in [9.17, 15) is 9.59 Å². The first-order valence-electron chi connectivity index (χ1n) is 7.62. The molecule has 1 aliphatic heterocycles. The molecule has 0 radical (unpaired) electrons. The smallest absolute Gasteiger partial charge is 0.261 e. The number of nitrogens with zero attached hydrogens (tertiary/aromatic N) is 1. The molecule has 0 atom stereocenters. The SMILES string of the molecule is C=C=C(CCCN1C(=O)c2ccccc2C1=O)c1ccccc1. The Morgan fingerprint density at radius 1 is 0.913 bits per heavy atom. The van der Waals surface area contributed by atoms with Gasteiger partial charge in [0.1, 0.15) is 0 Å². The Labute approximate surface area is 135 Å². The Bertz CT molecular complexity index is 766. The number of hydrogen-bond donors (Lipinski definition) is 0. The standard InChI is InChI=1S/C20H17NO2/c1-2-15(16-9-4-3-5-10-16)11-8-14-21-19(22)17-12-6-7-13-18(17)20(21)23/h3-7,9-10,12-13H,1,8,11,14H2. The molecule has 1 aliphatic rings. The van der Waals surface area contributed by atoms with Crippen LogP contribution in [0.1, 0.15) is 39.1 Å². The monoisotopic (exact) mass is 303 g/mol. The summed E-state index contributed by atoms with van der Waals surface area (Å²) in [5, 5.41) is 0. The van der Waals surface area contributed by atoms with Crippen LogP contribution in [0.2, 0.25) is 0 Å². The van der Waals surface area contributed by atoms with Gasteiger partial charge in [-0.25, -0.2) is 0 Å². The highest BCUT2D eigenvalue weighted by molar-refractivity contribution is 6.21. The predicted octanol–water partition coefficient (Wildman–Crippen LogP) is 3.93. The highest BCUT2D eigenvalue weighted by Crippen LogP contribution is 2.24. The number of imide groups is 1. The zero-order valence-corrected chi connectivity index (χ0v) is 12.8. The summed E-state index contributed by atoms with van der Waals surface area (Å²) in [5.74, 6) is -0.399. The summed E-state index contributed by atoms with van der Waals surface area (Å²) in [6, 6.07) is 16.9. The molecule has 2 aromatic rings. The van der Waals surface area contributed by atoms with Crippen molar-refractivity contribution in [2.24, 2.45) is 0 Å². The van der Waals surface area contributed by atoms with E-state index in [1.807, 2.05) is 30.3 Å². The van der Waals surface area contributed by atoms with Crippen molar-refractivity contribution in [3.8, 4) is 0 Å². The van der Waals surface area contributed by atoms with Crippen LogP contribution in [0.4, 0.5) is 0 Å². The highest BCUT2D eigenvalue weighted by atomic mass is 16.2. The van der Waals surface area contributed by atoms with E-state index in [0.717, 1.165) is 17.6 Å². The molecule has 0 N–H and O–H groups in total. The second-order valence-corrected chi connectivity index (χ2v) is 5.43.